The van der Waals surface area contributed by atoms with Crippen LogP contribution in [0, 0.1) is 12.8 Å². The molecule has 0 aromatic heterocycles. The summed E-state index contributed by atoms with van der Waals surface area (Å²) in [4.78, 5) is 3.38. The Balaban J connectivity index is 1.48. The minimum absolute atomic E-state index is 0.0384. The second kappa shape index (κ2) is 12.4. The van der Waals surface area contributed by atoms with Crippen LogP contribution in [0.3, 0.4) is 0 Å². The van der Waals surface area contributed by atoms with E-state index in [1.807, 2.05) is 30.3 Å². The van der Waals surface area contributed by atoms with Crippen molar-refractivity contribution in [3.8, 4) is 5.75 Å². The quantitative estimate of drug-likeness (QED) is 0.207. The maximum absolute atomic E-state index is 6.06. The molecule has 1 heterocycles. The van der Waals surface area contributed by atoms with Crippen LogP contribution in [-0.2, 0) is 6.42 Å². The fraction of sp³-hybridized carbons (Fsp3) is 0.241. The van der Waals surface area contributed by atoms with Crippen molar-refractivity contribution in [1.29, 1.82) is 0 Å². The molecule has 0 saturated carbocycles. The largest absolute Gasteiger partial charge is 0.493 e. The second-order valence-corrected chi connectivity index (χ2v) is 10.9. The molecule has 3 aromatic carbocycles. The van der Waals surface area contributed by atoms with Crippen molar-refractivity contribution in [3.05, 3.63) is 108 Å². The molecule has 35 heavy (non-hydrogen) atoms. The molecule has 1 saturated heterocycles. The lowest BCUT2D eigenvalue weighted by Crippen LogP contribution is -2.45. The summed E-state index contributed by atoms with van der Waals surface area (Å²) < 4.78 is 9.71. The van der Waals surface area contributed by atoms with E-state index in [0.29, 0.717) is 11.6 Å². The summed E-state index contributed by atoms with van der Waals surface area (Å²) in [5.74, 6) is 1.52. The van der Waals surface area contributed by atoms with Gasteiger partial charge < -0.3 is 15.8 Å². The third-order valence-electron chi connectivity index (χ3n) is 5.94. The molecule has 0 amide bonds. The molecule has 1 aliphatic rings. The third kappa shape index (κ3) is 7.42. The van der Waals surface area contributed by atoms with E-state index >= 15 is 0 Å². The number of aryl methyl sites for hydroxylation is 1. The lowest BCUT2D eigenvalue weighted by molar-refractivity contribution is 0.199. The molecule has 182 valence electrons. The van der Waals surface area contributed by atoms with Crippen molar-refractivity contribution in [2.45, 2.75) is 29.2 Å². The van der Waals surface area contributed by atoms with Crippen molar-refractivity contribution in [2.24, 2.45) is 11.7 Å². The number of hydrogen-bond donors (Lipinski definition) is 3. The van der Waals surface area contributed by atoms with Crippen LogP contribution in [-0.4, -0.2) is 25.7 Å². The van der Waals surface area contributed by atoms with Gasteiger partial charge in [-0.1, -0.05) is 67.4 Å². The first-order valence-corrected chi connectivity index (χ1v) is 13.4. The average molecular weight is 504 g/mol. The van der Waals surface area contributed by atoms with Crippen LogP contribution in [0.15, 0.2) is 101 Å². The number of ether oxygens (including phenoxy) is 1. The lowest BCUT2D eigenvalue weighted by Gasteiger charge is -2.27. The topological polar surface area (TPSA) is 59.3 Å². The smallest absolute Gasteiger partial charge is 0.120 e. The summed E-state index contributed by atoms with van der Waals surface area (Å²) in [6.07, 6.45) is 0.788. The molecule has 4 N–H and O–H groups in total. The molecule has 1 fully saturated rings. The number of thioether (sulfide) groups is 1. The van der Waals surface area contributed by atoms with Gasteiger partial charge in [-0.15, -0.1) is 0 Å². The van der Waals surface area contributed by atoms with Crippen molar-refractivity contribution in [2.75, 3.05) is 19.7 Å². The minimum Gasteiger partial charge on any atom is -0.493 e. The Kier molecular flexibility index (Phi) is 8.99. The SMILES string of the molecule is C=C(N)c1cccc(CC(NSc2ccccc2)C(=C)Sc2cc(OCC3CNC3)ccc2C)c1. The molecule has 0 radical (unpaired) electrons. The van der Waals surface area contributed by atoms with Crippen molar-refractivity contribution in [1.82, 2.24) is 10.0 Å². The summed E-state index contributed by atoms with van der Waals surface area (Å²) in [7, 11) is 0. The number of nitrogens with one attached hydrogen (secondary N) is 2. The van der Waals surface area contributed by atoms with E-state index in [4.69, 9.17) is 10.5 Å². The zero-order chi connectivity index (χ0) is 24.6. The summed E-state index contributed by atoms with van der Waals surface area (Å²) in [6, 6.07) is 24.9. The monoisotopic (exact) mass is 503 g/mol. The molecule has 4 nitrogen and oxygen atoms in total. The summed E-state index contributed by atoms with van der Waals surface area (Å²) in [5, 5.41) is 3.29. The van der Waals surface area contributed by atoms with Crippen molar-refractivity contribution in [3.63, 3.8) is 0 Å². The van der Waals surface area contributed by atoms with Crippen LogP contribution in [0.2, 0.25) is 0 Å². The Morgan fingerprint density at radius 3 is 2.60 bits per heavy atom. The Morgan fingerprint density at radius 1 is 1.09 bits per heavy atom. The van der Waals surface area contributed by atoms with E-state index in [1.165, 1.54) is 16.0 Å². The van der Waals surface area contributed by atoms with Gasteiger partial charge in [-0.05, 0) is 72.3 Å². The number of hydrogen-bond acceptors (Lipinski definition) is 6. The lowest BCUT2D eigenvalue weighted by atomic mass is 10.0. The Hall–Kier alpha value is -2.64. The van der Waals surface area contributed by atoms with E-state index in [9.17, 15) is 0 Å². The number of benzene rings is 3. The van der Waals surface area contributed by atoms with Gasteiger partial charge in [0.05, 0.1) is 12.6 Å². The van der Waals surface area contributed by atoms with Crippen LogP contribution in [0.25, 0.3) is 5.70 Å². The number of nitrogens with two attached hydrogens (primary N) is 1. The van der Waals surface area contributed by atoms with Gasteiger partial charge in [-0.2, -0.15) is 0 Å². The maximum Gasteiger partial charge on any atom is 0.120 e. The average Bonchev–Trinajstić information content (AvgIpc) is 2.83. The van der Waals surface area contributed by atoms with Gasteiger partial charge in [0, 0.05) is 39.4 Å². The molecule has 1 unspecified atom stereocenters. The van der Waals surface area contributed by atoms with E-state index in [-0.39, 0.29) is 6.04 Å². The molecule has 1 atom stereocenters. The fourth-order valence-corrected chi connectivity index (χ4v) is 5.50. The molecule has 3 aromatic rings. The van der Waals surface area contributed by atoms with Gasteiger partial charge >= 0.3 is 0 Å². The van der Waals surface area contributed by atoms with E-state index in [1.54, 1.807) is 23.7 Å². The van der Waals surface area contributed by atoms with Crippen LogP contribution in [0.1, 0.15) is 16.7 Å². The fourth-order valence-electron chi connectivity index (χ4n) is 3.66. The van der Waals surface area contributed by atoms with Gasteiger partial charge in [-0.3, -0.25) is 4.72 Å². The normalized spacial score (nSPS) is 14.2. The Labute approximate surface area is 217 Å². The van der Waals surface area contributed by atoms with Crippen molar-refractivity contribution >= 4 is 29.4 Å². The third-order valence-corrected chi connectivity index (χ3v) is 8.06. The molecular formula is C29H33N3OS2. The number of rotatable bonds is 12. The molecule has 1 aliphatic heterocycles. The first kappa shape index (κ1) is 25.5. The van der Waals surface area contributed by atoms with Crippen LogP contribution in [0.5, 0.6) is 5.75 Å². The molecule has 0 bridgehead atoms. The Morgan fingerprint density at radius 2 is 1.89 bits per heavy atom. The van der Waals surface area contributed by atoms with Crippen molar-refractivity contribution < 1.29 is 4.74 Å². The zero-order valence-corrected chi connectivity index (χ0v) is 21.8. The zero-order valence-electron chi connectivity index (χ0n) is 20.1. The highest BCUT2D eigenvalue weighted by molar-refractivity contribution is 8.03. The molecule has 6 heteroatoms. The van der Waals surface area contributed by atoms with Gasteiger partial charge in [0.25, 0.3) is 0 Å². The molecular weight excluding hydrogens is 470 g/mol. The minimum atomic E-state index is 0.0384. The summed E-state index contributed by atoms with van der Waals surface area (Å²) in [5.41, 5.74) is 9.88. The first-order chi connectivity index (χ1) is 17.0. The second-order valence-electron chi connectivity index (χ2n) is 8.85. The van der Waals surface area contributed by atoms with Crippen LogP contribution < -0.4 is 20.5 Å². The first-order valence-electron chi connectivity index (χ1n) is 11.8. The van der Waals surface area contributed by atoms with Gasteiger partial charge in [0.1, 0.15) is 5.75 Å². The highest BCUT2D eigenvalue weighted by Gasteiger charge is 2.19. The molecule has 0 spiro atoms. The van der Waals surface area contributed by atoms with E-state index in [2.05, 4.69) is 72.6 Å². The predicted octanol–water partition coefficient (Wildman–Crippen LogP) is 6.04. The van der Waals surface area contributed by atoms with E-state index in [0.717, 1.165) is 47.2 Å². The van der Waals surface area contributed by atoms with Crippen LogP contribution in [0.4, 0.5) is 0 Å². The van der Waals surface area contributed by atoms with Gasteiger partial charge in [0.15, 0.2) is 0 Å². The Bertz CT molecular complexity index is 1160. The standard InChI is InChI=1S/C29H33N3OS2/c1-20-12-13-26(33-19-24-17-31-18-24)16-29(20)34-22(3)28(32-35-27-10-5-4-6-11-27)15-23-8-7-9-25(14-23)21(2)30/h4-14,16,24,28,31-32H,2-3,15,17-19,30H2,1H3. The highest BCUT2D eigenvalue weighted by Crippen LogP contribution is 2.35. The van der Waals surface area contributed by atoms with Gasteiger partial charge in [0.2, 0.25) is 0 Å². The molecule has 4 rings (SSSR count). The van der Waals surface area contributed by atoms with E-state index < -0.39 is 0 Å². The summed E-state index contributed by atoms with van der Waals surface area (Å²) >= 11 is 3.33. The maximum atomic E-state index is 6.06. The highest BCUT2D eigenvalue weighted by atomic mass is 32.2. The predicted molar refractivity (Wildman–Crippen MR) is 151 cm³/mol. The van der Waals surface area contributed by atoms with Crippen LogP contribution >= 0.6 is 23.7 Å². The molecule has 0 aliphatic carbocycles. The summed E-state index contributed by atoms with van der Waals surface area (Å²) in [6.45, 7) is 13.3. The van der Waals surface area contributed by atoms with Gasteiger partial charge in [-0.25, -0.2) is 0 Å².